The Labute approximate surface area is 190 Å². The fourth-order valence-electron chi connectivity index (χ4n) is 4.83. The van der Waals surface area contributed by atoms with E-state index in [1.54, 1.807) is 42.5 Å². The predicted molar refractivity (Wildman–Crippen MR) is 127 cm³/mol. The van der Waals surface area contributed by atoms with E-state index in [2.05, 4.69) is 10.4 Å². The Hall–Kier alpha value is -3.80. The fraction of sp³-hybridized carbons (Fsp3) is 0.222. The van der Waals surface area contributed by atoms with Crippen LogP contribution in [-0.2, 0) is 4.79 Å². The van der Waals surface area contributed by atoms with Crippen molar-refractivity contribution in [3.63, 3.8) is 0 Å². The van der Waals surface area contributed by atoms with Crippen molar-refractivity contribution < 1.29 is 9.18 Å². The van der Waals surface area contributed by atoms with Crippen LogP contribution in [0.2, 0.25) is 0 Å². The van der Waals surface area contributed by atoms with E-state index < -0.39 is 17.3 Å². The topological polar surface area (TPSA) is 64.0 Å². The van der Waals surface area contributed by atoms with Crippen LogP contribution in [-0.4, -0.2) is 15.6 Å². The first-order chi connectivity index (χ1) is 16.1. The van der Waals surface area contributed by atoms with Gasteiger partial charge in [0.05, 0.1) is 22.4 Å². The van der Waals surface area contributed by atoms with Gasteiger partial charge in [0.2, 0.25) is 5.91 Å². The van der Waals surface area contributed by atoms with E-state index in [4.69, 9.17) is 0 Å². The van der Waals surface area contributed by atoms with Crippen LogP contribution in [0.3, 0.4) is 0 Å². The van der Waals surface area contributed by atoms with E-state index >= 15 is 0 Å². The van der Waals surface area contributed by atoms with E-state index in [1.165, 1.54) is 6.07 Å². The first kappa shape index (κ1) is 21.1. The number of hydrogen-bond donors (Lipinski definition) is 1. The Kier molecular flexibility index (Phi) is 5.73. The number of halogens is 1. The standard InChI is InChI=1S/C27H24FN3O2/c28-22-16-8-6-14-20(22)25-29-23-17-9-7-15-21(23)27(33)31(25)30-26(32)24(19-12-4-5-13-19)18-10-2-1-3-11-18/h1-3,6-11,14-17,19,24H,4-5,12-13H2,(H,30,32). The molecule has 1 aliphatic carbocycles. The molecule has 5 nitrogen and oxygen atoms in total. The van der Waals surface area contributed by atoms with E-state index in [0.717, 1.165) is 35.9 Å². The van der Waals surface area contributed by atoms with Crippen LogP contribution in [0.5, 0.6) is 0 Å². The second-order valence-corrected chi connectivity index (χ2v) is 8.48. The van der Waals surface area contributed by atoms with Gasteiger partial charge in [0.15, 0.2) is 5.82 Å². The largest absolute Gasteiger partial charge is 0.280 e. The minimum absolute atomic E-state index is 0.0726. The summed E-state index contributed by atoms with van der Waals surface area (Å²) in [4.78, 5) is 31.7. The maximum atomic E-state index is 14.7. The fourth-order valence-corrected chi connectivity index (χ4v) is 4.83. The van der Waals surface area contributed by atoms with Crippen LogP contribution >= 0.6 is 0 Å². The van der Waals surface area contributed by atoms with Crippen molar-refractivity contribution in [2.75, 3.05) is 5.43 Å². The van der Waals surface area contributed by atoms with E-state index in [1.807, 2.05) is 30.3 Å². The Morgan fingerprint density at radius 2 is 1.61 bits per heavy atom. The summed E-state index contributed by atoms with van der Waals surface area (Å²) >= 11 is 0. The second-order valence-electron chi connectivity index (χ2n) is 8.48. The van der Waals surface area contributed by atoms with Crippen molar-refractivity contribution in [1.29, 1.82) is 0 Å². The van der Waals surface area contributed by atoms with Gasteiger partial charge in [-0.25, -0.2) is 9.37 Å². The number of aromatic nitrogens is 2. The molecule has 0 saturated heterocycles. The lowest BCUT2D eigenvalue weighted by molar-refractivity contribution is -0.119. The summed E-state index contributed by atoms with van der Waals surface area (Å²) in [6.45, 7) is 0. The molecule has 0 bridgehead atoms. The molecule has 1 aliphatic rings. The lowest BCUT2D eigenvalue weighted by Gasteiger charge is -2.24. The number of carbonyl (C=O) groups is 1. The third-order valence-corrected chi connectivity index (χ3v) is 6.42. The van der Waals surface area contributed by atoms with Crippen molar-refractivity contribution in [3.8, 4) is 11.4 Å². The molecular formula is C27H24FN3O2. The van der Waals surface area contributed by atoms with Gasteiger partial charge in [0.25, 0.3) is 5.56 Å². The van der Waals surface area contributed by atoms with Crippen LogP contribution in [0.4, 0.5) is 4.39 Å². The Bertz CT molecular complexity index is 1360. The van der Waals surface area contributed by atoms with Gasteiger partial charge in [-0.1, -0.05) is 67.4 Å². The molecule has 3 aromatic carbocycles. The third kappa shape index (κ3) is 4.04. The SMILES string of the molecule is O=C(Nn1c(-c2ccccc2F)nc2ccccc2c1=O)C(c1ccccc1)C1CCCC1. The average Bonchev–Trinajstić information content (AvgIpc) is 3.36. The van der Waals surface area contributed by atoms with Crippen LogP contribution in [0.25, 0.3) is 22.3 Å². The van der Waals surface area contributed by atoms with Gasteiger partial charge in [-0.05, 0) is 48.6 Å². The van der Waals surface area contributed by atoms with Crippen LogP contribution < -0.4 is 11.0 Å². The summed E-state index contributed by atoms with van der Waals surface area (Å²) in [7, 11) is 0. The summed E-state index contributed by atoms with van der Waals surface area (Å²) in [5, 5.41) is 0.356. The molecule has 5 rings (SSSR count). The first-order valence-electron chi connectivity index (χ1n) is 11.3. The molecule has 33 heavy (non-hydrogen) atoms. The number of para-hydroxylation sites is 1. The highest BCUT2D eigenvalue weighted by Gasteiger charge is 2.33. The molecular weight excluding hydrogens is 417 g/mol. The number of amides is 1. The minimum Gasteiger partial charge on any atom is -0.273 e. The predicted octanol–water partition coefficient (Wildman–Crippen LogP) is 5.25. The number of fused-ring (bicyclic) bond motifs is 1. The molecule has 1 atom stereocenters. The molecule has 166 valence electrons. The molecule has 0 radical (unpaired) electrons. The number of nitrogens with one attached hydrogen (secondary N) is 1. The minimum atomic E-state index is -0.516. The average molecular weight is 442 g/mol. The van der Waals surface area contributed by atoms with Crippen LogP contribution in [0, 0.1) is 11.7 Å². The zero-order valence-electron chi connectivity index (χ0n) is 18.1. The quantitative estimate of drug-likeness (QED) is 0.460. The van der Waals surface area contributed by atoms with Gasteiger partial charge in [0, 0.05) is 0 Å². The maximum absolute atomic E-state index is 14.7. The van der Waals surface area contributed by atoms with Crippen molar-refractivity contribution in [3.05, 3.63) is 101 Å². The molecule has 0 aliphatic heterocycles. The molecule has 6 heteroatoms. The monoisotopic (exact) mass is 441 g/mol. The molecule has 0 spiro atoms. The van der Waals surface area contributed by atoms with E-state index in [9.17, 15) is 14.0 Å². The molecule has 1 amide bonds. The van der Waals surface area contributed by atoms with Crippen molar-refractivity contribution in [2.45, 2.75) is 31.6 Å². The molecule has 1 heterocycles. The Balaban J connectivity index is 1.64. The first-order valence-corrected chi connectivity index (χ1v) is 11.3. The highest BCUT2D eigenvalue weighted by atomic mass is 19.1. The summed E-state index contributed by atoms with van der Waals surface area (Å²) in [5.41, 5.74) is 3.88. The number of carbonyl (C=O) groups excluding carboxylic acids is 1. The Morgan fingerprint density at radius 1 is 0.939 bits per heavy atom. The summed E-state index contributed by atoms with van der Waals surface area (Å²) in [6.07, 6.45) is 4.08. The highest BCUT2D eigenvalue weighted by Crippen LogP contribution is 2.37. The lowest BCUT2D eigenvalue weighted by atomic mass is 9.84. The van der Waals surface area contributed by atoms with Crippen molar-refractivity contribution in [2.24, 2.45) is 5.92 Å². The van der Waals surface area contributed by atoms with Gasteiger partial charge < -0.3 is 0 Å². The summed E-state index contributed by atoms with van der Waals surface area (Å²) in [6, 6.07) is 22.6. The molecule has 1 N–H and O–H groups in total. The number of benzene rings is 3. The zero-order chi connectivity index (χ0) is 22.8. The van der Waals surface area contributed by atoms with Crippen molar-refractivity contribution in [1.82, 2.24) is 9.66 Å². The van der Waals surface area contributed by atoms with E-state index in [-0.39, 0.29) is 23.2 Å². The smallest absolute Gasteiger partial charge is 0.273 e. The molecule has 1 aromatic heterocycles. The normalized spacial score (nSPS) is 14.9. The molecule has 4 aromatic rings. The highest BCUT2D eigenvalue weighted by molar-refractivity contribution is 5.91. The van der Waals surface area contributed by atoms with Gasteiger partial charge in [-0.3, -0.25) is 15.0 Å². The number of nitrogens with zero attached hydrogens (tertiary/aromatic N) is 2. The number of rotatable bonds is 5. The zero-order valence-corrected chi connectivity index (χ0v) is 18.1. The van der Waals surface area contributed by atoms with Crippen molar-refractivity contribution >= 4 is 16.8 Å². The van der Waals surface area contributed by atoms with Crippen LogP contribution in [0.1, 0.15) is 37.2 Å². The van der Waals surface area contributed by atoms with E-state index in [0.29, 0.717) is 10.9 Å². The third-order valence-electron chi connectivity index (χ3n) is 6.42. The second kappa shape index (κ2) is 8.98. The van der Waals surface area contributed by atoms with Crippen LogP contribution in [0.15, 0.2) is 83.7 Å². The lowest BCUT2D eigenvalue weighted by Crippen LogP contribution is -2.39. The van der Waals surface area contributed by atoms with Gasteiger partial charge in [-0.2, -0.15) is 4.68 Å². The molecule has 1 unspecified atom stereocenters. The van der Waals surface area contributed by atoms with Gasteiger partial charge >= 0.3 is 0 Å². The maximum Gasteiger partial charge on any atom is 0.280 e. The van der Waals surface area contributed by atoms with Gasteiger partial charge in [-0.15, -0.1) is 0 Å². The molecule has 1 fully saturated rings. The molecule has 1 saturated carbocycles. The van der Waals surface area contributed by atoms with Gasteiger partial charge in [0.1, 0.15) is 5.82 Å². The summed E-state index contributed by atoms with van der Waals surface area (Å²) in [5.74, 6) is -0.944. The summed E-state index contributed by atoms with van der Waals surface area (Å²) < 4.78 is 15.8. The number of hydrogen-bond acceptors (Lipinski definition) is 3. The Morgan fingerprint density at radius 3 is 2.36 bits per heavy atom.